The van der Waals surface area contributed by atoms with Gasteiger partial charge in [-0.05, 0) is 38.5 Å². The van der Waals surface area contributed by atoms with Crippen LogP contribution < -0.4 is 5.32 Å². The first-order chi connectivity index (χ1) is 8.31. The molecular formula is C14H18FNO2. The van der Waals surface area contributed by atoms with Crippen LogP contribution >= 0.6 is 0 Å². The monoisotopic (exact) mass is 251 g/mol. The molecule has 1 heterocycles. The van der Waals surface area contributed by atoms with Gasteiger partial charge in [0, 0.05) is 13.0 Å². The lowest BCUT2D eigenvalue weighted by Crippen LogP contribution is -2.46. The predicted octanol–water partition coefficient (Wildman–Crippen LogP) is 2.40. The van der Waals surface area contributed by atoms with Crippen molar-refractivity contribution in [2.45, 2.75) is 44.9 Å². The quantitative estimate of drug-likeness (QED) is 0.838. The number of hydrogen-bond donors (Lipinski definition) is 1. The second-order valence-corrected chi connectivity index (χ2v) is 5.64. The van der Waals surface area contributed by atoms with E-state index < -0.39 is 11.1 Å². The number of cyclic esters (lactones) is 1. The molecule has 4 heteroatoms. The Balaban J connectivity index is 2.04. The maximum absolute atomic E-state index is 13.0. The summed E-state index contributed by atoms with van der Waals surface area (Å²) in [5.74, 6) is -0.516. The molecule has 0 aromatic heterocycles. The first kappa shape index (κ1) is 13.0. The molecule has 0 spiro atoms. The van der Waals surface area contributed by atoms with Crippen molar-refractivity contribution in [3.63, 3.8) is 0 Å². The zero-order valence-electron chi connectivity index (χ0n) is 10.9. The molecule has 1 atom stereocenters. The highest BCUT2D eigenvalue weighted by Gasteiger charge is 2.49. The summed E-state index contributed by atoms with van der Waals surface area (Å²) in [5, 5.41) is 3.17. The summed E-state index contributed by atoms with van der Waals surface area (Å²) in [4.78, 5) is 11.8. The van der Waals surface area contributed by atoms with E-state index in [2.05, 4.69) is 5.32 Å². The summed E-state index contributed by atoms with van der Waals surface area (Å²) in [6.45, 7) is 6.04. The minimum Gasteiger partial charge on any atom is -0.458 e. The van der Waals surface area contributed by atoms with E-state index in [0.717, 1.165) is 5.56 Å². The lowest BCUT2D eigenvalue weighted by Gasteiger charge is -2.22. The van der Waals surface area contributed by atoms with Crippen LogP contribution in [0, 0.1) is 5.82 Å². The van der Waals surface area contributed by atoms with Gasteiger partial charge in [-0.15, -0.1) is 0 Å². The Kier molecular flexibility index (Phi) is 3.15. The van der Waals surface area contributed by atoms with Crippen LogP contribution in [0.4, 0.5) is 4.39 Å². The van der Waals surface area contributed by atoms with Crippen LogP contribution in [0.2, 0.25) is 0 Å². The van der Waals surface area contributed by atoms with Crippen LogP contribution in [0.1, 0.15) is 32.8 Å². The number of rotatable bonds is 3. The van der Waals surface area contributed by atoms with Gasteiger partial charge < -0.3 is 4.74 Å². The summed E-state index contributed by atoms with van der Waals surface area (Å²) in [5.41, 5.74) is -0.329. The van der Waals surface area contributed by atoms with Gasteiger partial charge in [-0.25, -0.2) is 4.39 Å². The number of hydrogen-bond acceptors (Lipinski definition) is 3. The van der Waals surface area contributed by atoms with Gasteiger partial charge in [-0.2, -0.15) is 0 Å². The lowest BCUT2D eigenvalue weighted by atomic mass is 9.91. The molecule has 0 amide bonds. The van der Waals surface area contributed by atoms with Crippen molar-refractivity contribution >= 4 is 5.97 Å². The number of halogens is 1. The number of carbonyl (C=O) groups excluding carboxylic acids is 1. The van der Waals surface area contributed by atoms with Gasteiger partial charge in [0.15, 0.2) is 0 Å². The van der Waals surface area contributed by atoms with Crippen molar-refractivity contribution < 1.29 is 13.9 Å². The predicted molar refractivity (Wildman–Crippen MR) is 66.4 cm³/mol. The first-order valence-corrected chi connectivity index (χ1v) is 6.04. The highest BCUT2D eigenvalue weighted by Crippen LogP contribution is 2.33. The fraction of sp³-hybridized carbons (Fsp3) is 0.500. The van der Waals surface area contributed by atoms with Crippen LogP contribution in [0.25, 0.3) is 0 Å². The van der Waals surface area contributed by atoms with Crippen molar-refractivity contribution in [1.29, 1.82) is 0 Å². The molecule has 0 radical (unpaired) electrons. The molecule has 0 aliphatic carbocycles. The Morgan fingerprint density at radius 1 is 1.39 bits per heavy atom. The van der Waals surface area contributed by atoms with Crippen molar-refractivity contribution in [3.8, 4) is 0 Å². The Bertz CT molecular complexity index is 473. The zero-order valence-corrected chi connectivity index (χ0v) is 10.9. The van der Waals surface area contributed by atoms with E-state index in [4.69, 9.17) is 4.74 Å². The molecule has 2 rings (SSSR count). The molecule has 1 unspecified atom stereocenters. The van der Waals surface area contributed by atoms with Crippen LogP contribution in [0.5, 0.6) is 0 Å². The summed E-state index contributed by atoms with van der Waals surface area (Å²) in [6.07, 6.45) is 0.605. The topological polar surface area (TPSA) is 38.3 Å². The highest BCUT2D eigenvalue weighted by atomic mass is 19.1. The third-order valence-corrected chi connectivity index (χ3v) is 3.17. The maximum atomic E-state index is 13.0. The fourth-order valence-corrected chi connectivity index (χ4v) is 2.40. The fourth-order valence-electron chi connectivity index (χ4n) is 2.40. The van der Waals surface area contributed by atoms with Gasteiger partial charge in [0.2, 0.25) is 0 Å². The number of esters is 1. The van der Waals surface area contributed by atoms with Gasteiger partial charge in [0.05, 0.1) is 0 Å². The van der Waals surface area contributed by atoms with E-state index in [0.29, 0.717) is 13.0 Å². The highest BCUT2D eigenvalue weighted by molar-refractivity contribution is 5.83. The van der Waals surface area contributed by atoms with E-state index in [1.165, 1.54) is 12.1 Å². The molecule has 0 saturated carbocycles. The average molecular weight is 251 g/mol. The summed E-state index contributed by atoms with van der Waals surface area (Å²) in [7, 11) is 0. The van der Waals surface area contributed by atoms with Crippen LogP contribution in [-0.2, 0) is 16.1 Å². The SMILES string of the molecule is CC1(C)CC(C)(NCc2cccc(F)c2)C(=O)O1. The molecule has 3 nitrogen and oxygen atoms in total. The Morgan fingerprint density at radius 3 is 2.67 bits per heavy atom. The van der Waals surface area contributed by atoms with Crippen LogP contribution in [0.3, 0.4) is 0 Å². The van der Waals surface area contributed by atoms with Gasteiger partial charge in [-0.1, -0.05) is 12.1 Å². The van der Waals surface area contributed by atoms with Gasteiger partial charge in [0.1, 0.15) is 17.0 Å². The summed E-state index contributed by atoms with van der Waals surface area (Å²) in [6, 6.07) is 6.34. The molecule has 1 N–H and O–H groups in total. The molecule has 1 aromatic rings. The molecule has 98 valence electrons. The van der Waals surface area contributed by atoms with Crippen molar-refractivity contribution in [3.05, 3.63) is 35.6 Å². The molecule has 1 aromatic carbocycles. The van der Waals surface area contributed by atoms with E-state index in [9.17, 15) is 9.18 Å². The second kappa shape index (κ2) is 4.35. The summed E-state index contributed by atoms with van der Waals surface area (Å²) < 4.78 is 18.3. The lowest BCUT2D eigenvalue weighted by molar-refractivity contribution is -0.149. The molecule has 0 bridgehead atoms. The second-order valence-electron chi connectivity index (χ2n) is 5.64. The third-order valence-electron chi connectivity index (χ3n) is 3.17. The minimum atomic E-state index is -0.699. The smallest absolute Gasteiger partial charge is 0.326 e. The van der Waals surface area contributed by atoms with Crippen LogP contribution in [-0.4, -0.2) is 17.1 Å². The number of nitrogens with one attached hydrogen (secondary N) is 1. The van der Waals surface area contributed by atoms with Gasteiger partial charge in [-0.3, -0.25) is 10.1 Å². The van der Waals surface area contributed by atoms with Crippen molar-refractivity contribution in [1.82, 2.24) is 5.32 Å². The molecule has 18 heavy (non-hydrogen) atoms. The van der Waals surface area contributed by atoms with Crippen molar-refractivity contribution in [2.24, 2.45) is 0 Å². The molecule has 1 aliphatic heterocycles. The third kappa shape index (κ3) is 2.70. The molecule has 1 aliphatic rings. The van der Waals surface area contributed by atoms with E-state index in [1.54, 1.807) is 6.07 Å². The number of carbonyl (C=O) groups is 1. The molecule has 1 fully saturated rings. The standard InChI is InChI=1S/C14H18FNO2/c1-13(2)9-14(3,12(17)18-13)16-8-10-5-4-6-11(15)7-10/h4-7,16H,8-9H2,1-3H3. The molecule has 1 saturated heterocycles. The number of benzene rings is 1. The van der Waals surface area contributed by atoms with Crippen molar-refractivity contribution in [2.75, 3.05) is 0 Å². The van der Waals surface area contributed by atoms with E-state index in [-0.39, 0.29) is 11.8 Å². The van der Waals surface area contributed by atoms with E-state index in [1.807, 2.05) is 26.8 Å². The zero-order chi connectivity index (χ0) is 13.4. The first-order valence-electron chi connectivity index (χ1n) is 6.04. The average Bonchev–Trinajstić information content (AvgIpc) is 2.45. The maximum Gasteiger partial charge on any atom is 0.326 e. The Morgan fingerprint density at radius 2 is 2.11 bits per heavy atom. The normalized spacial score (nSPS) is 26.1. The van der Waals surface area contributed by atoms with Gasteiger partial charge >= 0.3 is 5.97 Å². The number of ether oxygens (including phenoxy) is 1. The Hall–Kier alpha value is -1.42. The largest absolute Gasteiger partial charge is 0.458 e. The summed E-state index contributed by atoms with van der Waals surface area (Å²) >= 11 is 0. The Labute approximate surface area is 106 Å². The minimum absolute atomic E-state index is 0.246. The van der Waals surface area contributed by atoms with Gasteiger partial charge in [0.25, 0.3) is 0 Å². The van der Waals surface area contributed by atoms with E-state index >= 15 is 0 Å². The van der Waals surface area contributed by atoms with Crippen LogP contribution in [0.15, 0.2) is 24.3 Å². The molecular weight excluding hydrogens is 233 g/mol.